The Morgan fingerprint density at radius 2 is 1.75 bits per heavy atom. The lowest BCUT2D eigenvalue weighted by Crippen LogP contribution is -2.51. The quantitative estimate of drug-likeness (QED) is 0.220. The van der Waals surface area contributed by atoms with Crippen LogP contribution in [0.2, 0.25) is 0 Å². The fraction of sp³-hybridized carbons (Fsp3) is 0.267. The van der Waals surface area contributed by atoms with E-state index in [4.69, 9.17) is 4.98 Å². The Bertz CT molecular complexity index is 1900. The number of aryl methyl sites for hydroxylation is 1. The summed E-state index contributed by atoms with van der Waals surface area (Å²) in [5, 5.41) is 12.1. The second-order valence-corrected chi connectivity index (χ2v) is 11.0. The van der Waals surface area contributed by atoms with Gasteiger partial charge in [-0.3, -0.25) is 34.0 Å². The Morgan fingerprint density at radius 1 is 0.975 bits per heavy atom. The van der Waals surface area contributed by atoms with Gasteiger partial charge in [-0.05, 0) is 50.1 Å². The van der Waals surface area contributed by atoms with Crippen LogP contribution < -0.4 is 10.5 Å². The van der Waals surface area contributed by atoms with Gasteiger partial charge in [0.05, 0.1) is 39.0 Å². The van der Waals surface area contributed by atoms with E-state index >= 15 is 0 Å². The van der Waals surface area contributed by atoms with E-state index in [1.54, 1.807) is 35.8 Å². The highest BCUT2D eigenvalue weighted by molar-refractivity contribution is 6.23. The van der Waals surface area contributed by atoms with Crippen molar-refractivity contribution in [2.24, 2.45) is 11.8 Å². The van der Waals surface area contributed by atoms with E-state index in [-0.39, 0.29) is 28.9 Å². The number of para-hydroxylation sites is 2. The van der Waals surface area contributed by atoms with Crippen molar-refractivity contribution in [1.29, 1.82) is 0 Å². The lowest BCUT2D eigenvalue weighted by Gasteiger charge is -2.38. The van der Waals surface area contributed by atoms with Crippen molar-refractivity contribution >= 4 is 34.1 Å². The van der Waals surface area contributed by atoms with Crippen LogP contribution in [0.25, 0.3) is 16.6 Å². The molecule has 4 aliphatic heterocycles. The monoisotopic (exact) mass is 533 g/mol. The molecule has 4 atom stereocenters. The van der Waals surface area contributed by atoms with Gasteiger partial charge in [0.2, 0.25) is 11.8 Å². The Balaban J connectivity index is 1.43. The Morgan fingerprint density at radius 3 is 2.58 bits per heavy atom. The summed E-state index contributed by atoms with van der Waals surface area (Å²) in [6.07, 6.45) is 1.57. The van der Waals surface area contributed by atoms with Crippen molar-refractivity contribution < 1.29 is 14.5 Å². The molecule has 40 heavy (non-hydrogen) atoms. The molecule has 0 radical (unpaired) electrons. The van der Waals surface area contributed by atoms with Crippen LogP contribution in [0.4, 0.5) is 11.4 Å². The van der Waals surface area contributed by atoms with Crippen molar-refractivity contribution in [3.05, 3.63) is 104 Å². The van der Waals surface area contributed by atoms with Gasteiger partial charge in [0.15, 0.2) is 0 Å². The molecular weight excluding hydrogens is 510 g/mol. The molecule has 10 heteroatoms. The molecule has 2 amide bonds. The van der Waals surface area contributed by atoms with Crippen LogP contribution in [0.15, 0.2) is 71.5 Å². The number of nitrogens with zero attached hydrogens (tertiary/aromatic N) is 5. The summed E-state index contributed by atoms with van der Waals surface area (Å²) < 4.78 is 1.62. The average Bonchev–Trinajstić information content (AvgIpc) is 3.67. The van der Waals surface area contributed by atoms with Gasteiger partial charge in [-0.1, -0.05) is 36.4 Å². The molecule has 1 aromatic heterocycles. The first kappa shape index (κ1) is 23.2. The molecule has 4 aliphatic rings. The number of benzene rings is 3. The van der Waals surface area contributed by atoms with Crippen LogP contribution in [-0.4, -0.2) is 43.8 Å². The number of rotatable bonds is 2. The zero-order valence-electron chi connectivity index (χ0n) is 21.5. The molecule has 5 heterocycles. The van der Waals surface area contributed by atoms with Crippen LogP contribution in [0.1, 0.15) is 29.8 Å². The van der Waals surface area contributed by atoms with Gasteiger partial charge < -0.3 is 0 Å². The number of hydrogen-bond donors (Lipinski definition) is 0. The van der Waals surface area contributed by atoms with Crippen LogP contribution in [0.5, 0.6) is 0 Å². The van der Waals surface area contributed by atoms with E-state index in [0.29, 0.717) is 34.5 Å². The van der Waals surface area contributed by atoms with Gasteiger partial charge >= 0.3 is 0 Å². The lowest BCUT2D eigenvalue weighted by atomic mass is 9.75. The van der Waals surface area contributed by atoms with E-state index in [2.05, 4.69) is 4.90 Å². The van der Waals surface area contributed by atoms with Crippen LogP contribution >= 0.6 is 0 Å². The number of fused-ring (bicyclic) bond motifs is 11. The topological polar surface area (TPSA) is 119 Å². The number of imide groups is 1. The minimum atomic E-state index is -1.12. The molecule has 3 fully saturated rings. The molecule has 4 aromatic rings. The van der Waals surface area contributed by atoms with Crippen molar-refractivity contribution in [3.63, 3.8) is 0 Å². The predicted octanol–water partition coefficient (Wildman–Crippen LogP) is 3.44. The summed E-state index contributed by atoms with van der Waals surface area (Å²) in [5.74, 6) is -1.83. The fourth-order valence-electron chi connectivity index (χ4n) is 7.80. The third-order valence-electron chi connectivity index (χ3n) is 9.28. The van der Waals surface area contributed by atoms with Gasteiger partial charge in [-0.2, -0.15) is 0 Å². The summed E-state index contributed by atoms with van der Waals surface area (Å²) in [6.45, 7) is 2.39. The minimum Gasteiger partial charge on any atom is -0.283 e. The molecule has 0 saturated carbocycles. The number of carbonyl (C=O) groups is 2. The van der Waals surface area contributed by atoms with Crippen LogP contribution in [0, 0.1) is 28.9 Å². The number of non-ortho nitro benzene ring substituents is 1. The lowest BCUT2D eigenvalue weighted by molar-refractivity contribution is -0.384. The number of amides is 2. The summed E-state index contributed by atoms with van der Waals surface area (Å²) in [4.78, 5) is 62.3. The maximum absolute atomic E-state index is 14.6. The molecule has 1 spiro atoms. The number of carbonyl (C=O) groups excluding carboxylic acids is 2. The van der Waals surface area contributed by atoms with E-state index in [0.717, 1.165) is 23.3 Å². The molecule has 0 bridgehead atoms. The molecule has 10 nitrogen and oxygen atoms in total. The molecular formula is C30H23N5O5. The maximum atomic E-state index is 14.6. The number of anilines is 1. The maximum Gasteiger partial charge on any atom is 0.271 e. The number of nitro groups is 1. The van der Waals surface area contributed by atoms with Gasteiger partial charge in [0, 0.05) is 23.7 Å². The van der Waals surface area contributed by atoms with E-state index < -0.39 is 28.2 Å². The standard InChI is InChI=1S/C30H23N5O5/c1-16-12-13-17(35(39)40)15-23(16)33-27(37)24-22-11-6-14-32(22)30(25(24)28(33)38)19-8-3-5-10-21(19)34-26(36)18-7-2-4-9-20(18)31-29(30)34/h2-5,7-10,12-13,15,22,24-25H,6,11,14H2,1H3/t22-,24+,25+,30-/m0/s1. The van der Waals surface area contributed by atoms with Gasteiger partial charge in [0.25, 0.3) is 11.2 Å². The summed E-state index contributed by atoms with van der Waals surface area (Å²) >= 11 is 0. The molecule has 0 unspecified atom stereocenters. The molecule has 0 N–H and O–H groups in total. The van der Waals surface area contributed by atoms with Crippen molar-refractivity contribution in [2.75, 3.05) is 11.4 Å². The zero-order valence-corrected chi connectivity index (χ0v) is 21.5. The van der Waals surface area contributed by atoms with Crippen LogP contribution in [0.3, 0.4) is 0 Å². The molecule has 3 saturated heterocycles. The third kappa shape index (κ3) is 2.57. The molecule has 3 aromatic carbocycles. The summed E-state index contributed by atoms with van der Waals surface area (Å²) in [7, 11) is 0. The first-order valence-electron chi connectivity index (χ1n) is 13.4. The molecule has 8 rings (SSSR count). The van der Waals surface area contributed by atoms with E-state index in [9.17, 15) is 24.5 Å². The third-order valence-corrected chi connectivity index (χ3v) is 9.28. The van der Waals surface area contributed by atoms with E-state index in [1.807, 2.05) is 30.3 Å². The first-order chi connectivity index (χ1) is 19.4. The van der Waals surface area contributed by atoms with Crippen molar-refractivity contribution in [1.82, 2.24) is 14.5 Å². The Hall–Kier alpha value is -4.70. The van der Waals surface area contributed by atoms with Gasteiger partial charge in [-0.15, -0.1) is 0 Å². The highest BCUT2D eigenvalue weighted by Crippen LogP contribution is 2.62. The molecule has 0 aliphatic carbocycles. The molecule has 198 valence electrons. The summed E-state index contributed by atoms with van der Waals surface area (Å²) in [6, 6.07) is 18.7. The smallest absolute Gasteiger partial charge is 0.271 e. The van der Waals surface area contributed by atoms with Gasteiger partial charge in [0.1, 0.15) is 11.4 Å². The van der Waals surface area contributed by atoms with Crippen molar-refractivity contribution in [2.45, 2.75) is 31.3 Å². The number of hydrogen-bond acceptors (Lipinski definition) is 7. The van der Waals surface area contributed by atoms with Gasteiger partial charge in [-0.25, -0.2) is 9.88 Å². The zero-order chi connectivity index (χ0) is 27.5. The summed E-state index contributed by atoms with van der Waals surface area (Å²) in [5.41, 5.74) is 1.28. The normalized spacial score (nSPS) is 26.4. The van der Waals surface area contributed by atoms with Crippen molar-refractivity contribution in [3.8, 4) is 5.69 Å². The Labute approximate surface area is 227 Å². The highest BCUT2D eigenvalue weighted by Gasteiger charge is 2.73. The second kappa shape index (κ2) is 7.70. The predicted molar refractivity (Wildman–Crippen MR) is 145 cm³/mol. The first-order valence-corrected chi connectivity index (χ1v) is 13.4. The second-order valence-electron chi connectivity index (χ2n) is 11.0. The number of aromatic nitrogens is 2. The Kier molecular flexibility index (Phi) is 4.47. The minimum absolute atomic E-state index is 0.188. The van der Waals surface area contributed by atoms with Crippen LogP contribution in [-0.2, 0) is 15.1 Å². The highest BCUT2D eigenvalue weighted by atomic mass is 16.6. The number of nitro benzene ring substituents is 1. The largest absolute Gasteiger partial charge is 0.283 e. The van der Waals surface area contributed by atoms with E-state index in [1.165, 1.54) is 12.1 Å². The average molecular weight is 534 g/mol. The SMILES string of the molecule is Cc1ccc([N+](=O)[O-])cc1N1C(=O)[C@@H]2[C@@H]3CCCN3[C@@]3(c4ccccc4-n4c3nc3ccccc3c4=O)[C@H]2C1=O. The fourth-order valence-corrected chi connectivity index (χ4v) is 7.80.